The molecule has 1 aromatic rings. The van der Waals surface area contributed by atoms with Crippen molar-refractivity contribution >= 4 is 23.3 Å². The van der Waals surface area contributed by atoms with E-state index in [1.54, 1.807) is 11.8 Å². The third kappa shape index (κ3) is 3.11. The number of piperidine rings is 1. The second kappa shape index (κ2) is 6.53. The summed E-state index contributed by atoms with van der Waals surface area (Å²) in [6.07, 6.45) is 2.43. The molecule has 0 bridgehead atoms. The molecule has 1 fully saturated rings. The van der Waals surface area contributed by atoms with Gasteiger partial charge < -0.3 is 10.6 Å². The third-order valence-corrected chi connectivity index (χ3v) is 4.96. The molecule has 1 saturated heterocycles. The Kier molecular flexibility index (Phi) is 4.97. The van der Waals surface area contributed by atoms with Gasteiger partial charge >= 0.3 is 0 Å². The van der Waals surface area contributed by atoms with Crippen LogP contribution >= 0.6 is 11.8 Å². The lowest BCUT2D eigenvalue weighted by Crippen LogP contribution is -2.41. The highest BCUT2D eigenvalue weighted by atomic mass is 32.2. The fourth-order valence-electron chi connectivity index (χ4n) is 3.07. The topological polar surface area (TPSA) is 53.1 Å². The maximum Gasteiger partial charge on any atom is 0.126 e. The van der Waals surface area contributed by atoms with Crippen molar-refractivity contribution in [1.82, 2.24) is 0 Å². The summed E-state index contributed by atoms with van der Waals surface area (Å²) < 4.78 is 0. The van der Waals surface area contributed by atoms with E-state index in [1.165, 1.54) is 12.8 Å². The quantitative estimate of drug-likeness (QED) is 0.505. The Morgan fingerprint density at radius 1 is 1.45 bits per heavy atom. The number of nitrogen functional groups attached to an aromatic ring is 1. The van der Waals surface area contributed by atoms with E-state index in [2.05, 4.69) is 43.9 Å². The van der Waals surface area contributed by atoms with E-state index in [-0.39, 0.29) is 5.84 Å². The molecule has 0 aliphatic carbocycles. The summed E-state index contributed by atoms with van der Waals surface area (Å²) in [6, 6.07) is 6.79. The summed E-state index contributed by atoms with van der Waals surface area (Å²) in [7, 11) is 0. The van der Waals surface area contributed by atoms with Gasteiger partial charge in [-0.25, -0.2) is 0 Å². The van der Waals surface area contributed by atoms with E-state index in [0.29, 0.717) is 6.04 Å². The lowest BCUT2D eigenvalue weighted by Gasteiger charge is -2.39. The number of nitrogens with one attached hydrogen (secondary N) is 1. The fourth-order valence-corrected chi connectivity index (χ4v) is 3.92. The molecule has 2 rings (SSSR count). The fraction of sp³-hybridized carbons (Fsp3) is 0.562. The lowest BCUT2D eigenvalue weighted by atomic mass is 9.92. The molecule has 3 nitrogen and oxygen atoms in total. The summed E-state index contributed by atoms with van der Waals surface area (Å²) in [5, 5.41) is 7.96. The van der Waals surface area contributed by atoms with Crippen molar-refractivity contribution in [3.63, 3.8) is 0 Å². The Morgan fingerprint density at radius 2 is 2.20 bits per heavy atom. The summed E-state index contributed by atoms with van der Waals surface area (Å²) >= 11 is 1.76. The summed E-state index contributed by atoms with van der Waals surface area (Å²) in [5.74, 6) is 1.97. The summed E-state index contributed by atoms with van der Waals surface area (Å²) in [4.78, 5) is 3.56. The number of rotatable bonds is 4. The number of hydrogen-bond donors (Lipinski definition) is 2. The van der Waals surface area contributed by atoms with Crippen LogP contribution < -0.4 is 10.6 Å². The van der Waals surface area contributed by atoms with Crippen LogP contribution in [-0.4, -0.2) is 24.2 Å². The van der Waals surface area contributed by atoms with Crippen molar-refractivity contribution in [2.45, 2.75) is 44.6 Å². The van der Waals surface area contributed by atoms with Crippen LogP contribution in [0.25, 0.3) is 0 Å². The zero-order valence-corrected chi connectivity index (χ0v) is 13.5. The van der Waals surface area contributed by atoms with Gasteiger partial charge in [0, 0.05) is 23.2 Å². The van der Waals surface area contributed by atoms with Gasteiger partial charge in [0.25, 0.3) is 0 Å². The average Bonchev–Trinajstić information content (AvgIpc) is 2.38. The highest BCUT2D eigenvalue weighted by Gasteiger charge is 2.26. The Labute approximate surface area is 126 Å². The standard InChI is InChI=1S/C16H25N3S/c1-4-20-14-7-5-6-13(15(14)16(17)18)19-9-8-11(2)10-12(19)3/h5-7,11-12H,4,8-10H2,1-3H3,(H3,17,18). The first kappa shape index (κ1) is 15.2. The van der Waals surface area contributed by atoms with Crippen molar-refractivity contribution in [3.8, 4) is 0 Å². The van der Waals surface area contributed by atoms with E-state index in [1.807, 2.05) is 0 Å². The second-order valence-electron chi connectivity index (χ2n) is 5.67. The lowest BCUT2D eigenvalue weighted by molar-refractivity contribution is 0.377. The first-order valence-electron chi connectivity index (χ1n) is 7.41. The molecule has 4 heteroatoms. The summed E-state index contributed by atoms with van der Waals surface area (Å²) in [6.45, 7) is 7.79. The van der Waals surface area contributed by atoms with Gasteiger partial charge in [-0.2, -0.15) is 0 Å². The molecule has 0 aromatic heterocycles. The zero-order valence-electron chi connectivity index (χ0n) is 12.6. The number of thioether (sulfide) groups is 1. The summed E-state index contributed by atoms with van der Waals surface area (Å²) in [5.41, 5.74) is 7.92. The minimum Gasteiger partial charge on any atom is -0.384 e. The predicted molar refractivity (Wildman–Crippen MR) is 89.1 cm³/mol. The maximum atomic E-state index is 7.96. The Hall–Kier alpha value is -1.16. The highest BCUT2D eigenvalue weighted by molar-refractivity contribution is 7.99. The van der Waals surface area contributed by atoms with E-state index in [9.17, 15) is 0 Å². The van der Waals surface area contributed by atoms with E-state index >= 15 is 0 Å². The molecule has 3 N–H and O–H groups in total. The Bertz CT molecular complexity index is 487. The van der Waals surface area contributed by atoms with E-state index < -0.39 is 0 Å². The molecule has 0 amide bonds. The van der Waals surface area contributed by atoms with Crippen molar-refractivity contribution in [2.24, 2.45) is 11.7 Å². The van der Waals surface area contributed by atoms with Crippen LogP contribution in [0.5, 0.6) is 0 Å². The third-order valence-electron chi connectivity index (χ3n) is 4.02. The van der Waals surface area contributed by atoms with E-state index in [0.717, 1.165) is 34.4 Å². The zero-order chi connectivity index (χ0) is 14.7. The monoisotopic (exact) mass is 291 g/mol. The largest absolute Gasteiger partial charge is 0.384 e. The minimum atomic E-state index is 0.183. The van der Waals surface area contributed by atoms with Crippen molar-refractivity contribution in [3.05, 3.63) is 23.8 Å². The molecule has 1 aliphatic rings. The van der Waals surface area contributed by atoms with Crippen LogP contribution in [0.1, 0.15) is 39.2 Å². The molecular formula is C16H25N3S. The molecule has 1 aliphatic heterocycles. The highest BCUT2D eigenvalue weighted by Crippen LogP contribution is 2.34. The number of benzene rings is 1. The average molecular weight is 291 g/mol. The van der Waals surface area contributed by atoms with Crippen LogP contribution in [0.4, 0.5) is 5.69 Å². The minimum absolute atomic E-state index is 0.183. The molecule has 0 radical (unpaired) electrons. The number of nitrogens with two attached hydrogens (primary N) is 1. The first-order chi connectivity index (χ1) is 9.54. The van der Waals surface area contributed by atoms with Crippen molar-refractivity contribution in [2.75, 3.05) is 17.2 Å². The van der Waals surface area contributed by atoms with Gasteiger partial charge in [0.15, 0.2) is 0 Å². The molecule has 0 spiro atoms. The SMILES string of the molecule is CCSc1cccc(N2CCC(C)CC2C)c1C(=N)N. The number of hydrogen-bond acceptors (Lipinski definition) is 3. The normalized spacial score (nSPS) is 22.9. The van der Waals surface area contributed by atoms with Gasteiger partial charge in [-0.3, -0.25) is 5.41 Å². The van der Waals surface area contributed by atoms with Crippen LogP contribution in [0, 0.1) is 11.3 Å². The first-order valence-corrected chi connectivity index (χ1v) is 8.40. The Balaban J connectivity index is 2.40. The predicted octanol–water partition coefficient (Wildman–Crippen LogP) is 3.71. The van der Waals surface area contributed by atoms with Crippen LogP contribution in [-0.2, 0) is 0 Å². The molecule has 20 heavy (non-hydrogen) atoms. The second-order valence-corrected chi connectivity index (χ2v) is 6.97. The van der Waals surface area contributed by atoms with Gasteiger partial charge in [0.2, 0.25) is 0 Å². The van der Waals surface area contributed by atoms with Gasteiger partial charge in [0.1, 0.15) is 5.84 Å². The van der Waals surface area contributed by atoms with Crippen LogP contribution in [0.3, 0.4) is 0 Å². The van der Waals surface area contributed by atoms with Crippen molar-refractivity contribution < 1.29 is 0 Å². The molecule has 2 unspecified atom stereocenters. The van der Waals surface area contributed by atoms with Gasteiger partial charge in [-0.05, 0) is 43.6 Å². The van der Waals surface area contributed by atoms with E-state index in [4.69, 9.17) is 11.1 Å². The van der Waals surface area contributed by atoms with Crippen LogP contribution in [0.15, 0.2) is 23.1 Å². The molecule has 2 atom stereocenters. The molecule has 0 saturated carbocycles. The van der Waals surface area contributed by atoms with Gasteiger partial charge in [0.05, 0.1) is 5.56 Å². The molecule has 1 heterocycles. The van der Waals surface area contributed by atoms with Crippen LogP contribution in [0.2, 0.25) is 0 Å². The molecule has 110 valence electrons. The number of anilines is 1. The number of amidine groups is 1. The maximum absolute atomic E-state index is 7.96. The van der Waals surface area contributed by atoms with Gasteiger partial charge in [-0.1, -0.05) is 19.9 Å². The smallest absolute Gasteiger partial charge is 0.126 e. The van der Waals surface area contributed by atoms with Crippen molar-refractivity contribution in [1.29, 1.82) is 5.41 Å². The number of nitrogens with zero attached hydrogens (tertiary/aromatic N) is 1. The molecular weight excluding hydrogens is 266 g/mol. The Morgan fingerprint density at radius 3 is 2.80 bits per heavy atom. The molecule has 1 aromatic carbocycles. The van der Waals surface area contributed by atoms with Gasteiger partial charge in [-0.15, -0.1) is 11.8 Å².